The molecule has 0 atom stereocenters. The summed E-state index contributed by atoms with van der Waals surface area (Å²) in [6, 6.07) is 10.6. The van der Waals surface area contributed by atoms with Gasteiger partial charge in [-0.3, -0.25) is 0 Å². The minimum Gasteiger partial charge on any atom is -0.197 e. The molecule has 0 saturated heterocycles. The van der Waals surface area contributed by atoms with Crippen molar-refractivity contribution >= 4 is 11.5 Å². The summed E-state index contributed by atoms with van der Waals surface area (Å²) in [5, 5.41) is 0. The predicted molar refractivity (Wildman–Crippen MR) is 57.0 cm³/mol. The quantitative estimate of drug-likeness (QED) is 0.669. The fraction of sp³-hybridized carbons (Fsp3) is 0.182. The van der Waals surface area contributed by atoms with Crippen LogP contribution in [0.15, 0.2) is 30.3 Å². The van der Waals surface area contributed by atoms with Crippen molar-refractivity contribution in [2.24, 2.45) is 0 Å². The molecule has 0 N–H and O–H groups in total. The van der Waals surface area contributed by atoms with Crippen LogP contribution in [0.2, 0.25) is 0 Å². The molecular weight excluding hydrogens is 178 g/mol. The van der Waals surface area contributed by atoms with Gasteiger partial charge in [-0.15, -0.1) is 0 Å². The van der Waals surface area contributed by atoms with E-state index in [1.165, 1.54) is 16.0 Å². The first-order valence-corrected chi connectivity index (χ1v) is 5.03. The molecule has 2 aromatic rings. The Bertz CT molecular complexity index is 418. The normalized spacial score (nSPS) is 10.3. The fourth-order valence-electron chi connectivity index (χ4n) is 1.30. The van der Waals surface area contributed by atoms with Gasteiger partial charge in [0, 0.05) is 0 Å². The summed E-state index contributed by atoms with van der Waals surface area (Å²) in [5.41, 5.74) is 3.66. The maximum Gasteiger partial charge on any atom is 0.0552 e. The third kappa shape index (κ3) is 1.78. The molecule has 66 valence electrons. The Morgan fingerprint density at radius 3 is 2.62 bits per heavy atom. The van der Waals surface area contributed by atoms with E-state index in [0.29, 0.717) is 0 Å². The van der Waals surface area contributed by atoms with Gasteiger partial charge in [-0.1, -0.05) is 29.8 Å². The van der Waals surface area contributed by atoms with Crippen molar-refractivity contribution in [1.82, 2.24) is 4.37 Å². The van der Waals surface area contributed by atoms with E-state index in [2.05, 4.69) is 41.6 Å². The van der Waals surface area contributed by atoms with E-state index in [-0.39, 0.29) is 0 Å². The minimum absolute atomic E-state index is 1.10. The van der Waals surface area contributed by atoms with Gasteiger partial charge >= 0.3 is 0 Å². The molecule has 1 aromatic heterocycles. The first-order valence-electron chi connectivity index (χ1n) is 4.26. The van der Waals surface area contributed by atoms with E-state index >= 15 is 0 Å². The number of hydrogen-bond acceptors (Lipinski definition) is 2. The summed E-state index contributed by atoms with van der Waals surface area (Å²) in [5.74, 6) is 0. The van der Waals surface area contributed by atoms with Crippen molar-refractivity contribution in [1.29, 1.82) is 0 Å². The average Bonchev–Trinajstić information content (AvgIpc) is 2.52. The molecule has 1 heterocycles. The van der Waals surface area contributed by atoms with Crippen LogP contribution in [-0.4, -0.2) is 4.37 Å². The van der Waals surface area contributed by atoms with Crippen LogP contribution in [0.1, 0.15) is 11.3 Å². The fourth-order valence-corrected chi connectivity index (χ4v) is 2.05. The number of benzene rings is 1. The molecule has 0 fully saturated rings. The summed E-state index contributed by atoms with van der Waals surface area (Å²) >= 11 is 1.56. The van der Waals surface area contributed by atoms with Crippen LogP contribution in [0, 0.1) is 13.8 Å². The lowest BCUT2D eigenvalue weighted by molar-refractivity contribution is 1.35. The van der Waals surface area contributed by atoms with E-state index in [1.54, 1.807) is 11.5 Å². The highest BCUT2D eigenvalue weighted by molar-refractivity contribution is 7.09. The second kappa shape index (κ2) is 3.30. The lowest BCUT2D eigenvalue weighted by Gasteiger charge is -1.96. The van der Waals surface area contributed by atoms with Gasteiger partial charge in [0.15, 0.2) is 0 Å². The maximum atomic E-state index is 4.26. The SMILES string of the molecule is Cc1cccc(-c2cc(C)ns2)c1. The van der Waals surface area contributed by atoms with E-state index in [9.17, 15) is 0 Å². The molecule has 0 spiro atoms. The molecule has 2 heteroatoms. The topological polar surface area (TPSA) is 12.9 Å². The molecule has 2 rings (SSSR count). The molecule has 0 amide bonds. The highest BCUT2D eigenvalue weighted by atomic mass is 32.1. The van der Waals surface area contributed by atoms with Gasteiger partial charge < -0.3 is 0 Å². The zero-order chi connectivity index (χ0) is 9.26. The molecule has 0 aliphatic carbocycles. The molecule has 1 aromatic carbocycles. The number of hydrogen-bond donors (Lipinski definition) is 0. The van der Waals surface area contributed by atoms with Crippen molar-refractivity contribution in [2.75, 3.05) is 0 Å². The first kappa shape index (κ1) is 8.45. The largest absolute Gasteiger partial charge is 0.197 e. The zero-order valence-electron chi connectivity index (χ0n) is 7.74. The maximum absolute atomic E-state index is 4.26. The van der Waals surface area contributed by atoms with Crippen molar-refractivity contribution in [3.8, 4) is 10.4 Å². The molecule has 0 radical (unpaired) electrons. The molecule has 0 aliphatic heterocycles. The third-order valence-corrected chi connectivity index (χ3v) is 2.86. The Balaban J connectivity index is 2.46. The zero-order valence-corrected chi connectivity index (χ0v) is 8.56. The lowest BCUT2D eigenvalue weighted by Crippen LogP contribution is -1.74. The molecule has 1 nitrogen and oxygen atoms in total. The van der Waals surface area contributed by atoms with Crippen molar-refractivity contribution < 1.29 is 0 Å². The number of nitrogens with zero attached hydrogens (tertiary/aromatic N) is 1. The standard InChI is InChI=1S/C11H11NS/c1-8-4-3-5-10(6-8)11-7-9(2)12-13-11/h3-7H,1-2H3. The summed E-state index contributed by atoms with van der Waals surface area (Å²) in [4.78, 5) is 1.25. The monoisotopic (exact) mass is 189 g/mol. The number of aromatic nitrogens is 1. The van der Waals surface area contributed by atoms with Crippen LogP contribution in [0.3, 0.4) is 0 Å². The van der Waals surface area contributed by atoms with Crippen LogP contribution < -0.4 is 0 Å². The van der Waals surface area contributed by atoms with Crippen LogP contribution in [0.25, 0.3) is 10.4 Å². The Morgan fingerprint density at radius 1 is 1.15 bits per heavy atom. The Morgan fingerprint density at radius 2 is 2.00 bits per heavy atom. The Labute approximate surface area is 82.2 Å². The van der Waals surface area contributed by atoms with E-state index in [1.807, 2.05) is 6.92 Å². The van der Waals surface area contributed by atoms with Crippen LogP contribution in [-0.2, 0) is 0 Å². The molecule has 13 heavy (non-hydrogen) atoms. The average molecular weight is 189 g/mol. The molecule has 0 saturated carbocycles. The van der Waals surface area contributed by atoms with Gasteiger partial charge in [-0.25, -0.2) is 0 Å². The van der Waals surface area contributed by atoms with Gasteiger partial charge in [0.1, 0.15) is 0 Å². The molecule has 0 unspecified atom stereocenters. The van der Waals surface area contributed by atoms with Crippen LogP contribution >= 0.6 is 11.5 Å². The van der Waals surface area contributed by atoms with Gasteiger partial charge in [-0.2, -0.15) is 4.37 Å². The highest BCUT2D eigenvalue weighted by Gasteiger charge is 2.00. The van der Waals surface area contributed by atoms with Crippen molar-refractivity contribution in [3.63, 3.8) is 0 Å². The highest BCUT2D eigenvalue weighted by Crippen LogP contribution is 2.24. The Hall–Kier alpha value is -1.15. The summed E-state index contributed by atoms with van der Waals surface area (Å²) in [7, 11) is 0. The summed E-state index contributed by atoms with van der Waals surface area (Å²) < 4.78 is 4.26. The number of rotatable bonds is 1. The molecular formula is C11H11NS. The van der Waals surface area contributed by atoms with Gasteiger partial charge in [0.05, 0.1) is 10.6 Å². The van der Waals surface area contributed by atoms with E-state index in [4.69, 9.17) is 0 Å². The second-order valence-electron chi connectivity index (χ2n) is 3.20. The van der Waals surface area contributed by atoms with Crippen molar-refractivity contribution in [3.05, 3.63) is 41.6 Å². The summed E-state index contributed by atoms with van der Waals surface area (Å²) in [6.07, 6.45) is 0. The Kier molecular flexibility index (Phi) is 2.15. The van der Waals surface area contributed by atoms with E-state index < -0.39 is 0 Å². The smallest absolute Gasteiger partial charge is 0.0552 e. The van der Waals surface area contributed by atoms with Crippen molar-refractivity contribution in [2.45, 2.75) is 13.8 Å². The molecule has 0 aliphatic rings. The number of aryl methyl sites for hydroxylation is 2. The second-order valence-corrected chi connectivity index (χ2v) is 4.01. The lowest BCUT2D eigenvalue weighted by atomic mass is 10.1. The van der Waals surface area contributed by atoms with Gasteiger partial charge in [0.25, 0.3) is 0 Å². The molecule has 0 bridgehead atoms. The predicted octanol–water partition coefficient (Wildman–Crippen LogP) is 3.43. The van der Waals surface area contributed by atoms with Gasteiger partial charge in [0.2, 0.25) is 0 Å². The van der Waals surface area contributed by atoms with E-state index in [0.717, 1.165) is 5.69 Å². The van der Waals surface area contributed by atoms with Crippen LogP contribution in [0.4, 0.5) is 0 Å². The van der Waals surface area contributed by atoms with Gasteiger partial charge in [-0.05, 0) is 37.0 Å². The first-order chi connectivity index (χ1) is 6.25. The third-order valence-electron chi connectivity index (χ3n) is 1.93. The summed E-state index contributed by atoms with van der Waals surface area (Å²) in [6.45, 7) is 4.13. The van der Waals surface area contributed by atoms with Crippen LogP contribution in [0.5, 0.6) is 0 Å². The minimum atomic E-state index is 1.10.